The van der Waals surface area contributed by atoms with Crippen molar-refractivity contribution in [1.82, 2.24) is 15.5 Å². The topological polar surface area (TPSA) is 39.7 Å². The van der Waals surface area contributed by atoms with Crippen LogP contribution in [-0.4, -0.2) is 49.6 Å². The zero-order chi connectivity index (χ0) is 16.1. The molecule has 1 aliphatic heterocycles. The third-order valence-electron chi connectivity index (χ3n) is 4.92. The van der Waals surface area contributed by atoms with Gasteiger partial charge in [-0.15, -0.1) is 0 Å². The van der Waals surface area contributed by atoms with Crippen LogP contribution in [0.25, 0.3) is 0 Å². The van der Waals surface area contributed by atoms with Crippen molar-refractivity contribution in [3.63, 3.8) is 0 Å². The highest BCUT2D eigenvalue weighted by Crippen LogP contribution is 2.31. The largest absolute Gasteiger partial charge is 0.357 e. The number of nitrogens with one attached hydrogen (secondary N) is 2. The SMILES string of the molecule is CCNC(=NCC(C)c1ccsc1)NCC1CCN(C2CC2)C1. The van der Waals surface area contributed by atoms with E-state index >= 15 is 0 Å². The molecule has 23 heavy (non-hydrogen) atoms. The summed E-state index contributed by atoms with van der Waals surface area (Å²) < 4.78 is 0. The maximum absolute atomic E-state index is 4.78. The molecule has 0 spiro atoms. The summed E-state index contributed by atoms with van der Waals surface area (Å²) in [7, 11) is 0. The molecule has 3 rings (SSSR count). The fourth-order valence-corrected chi connectivity index (χ4v) is 4.05. The highest BCUT2D eigenvalue weighted by Gasteiger charge is 2.34. The minimum atomic E-state index is 0.480. The molecular formula is C18H30N4S. The van der Waals surface area contributed by atoms with Gasteiger partial charge in [-0.2, -0.15) is 11.3 Å². The number of aliphatic imine (C=N–C) groups is 1. The molecule has 1 aromatic heterocycles. The third-order valence-corrected chi connectivity index (χ3v) is 5.62. The van der Waals surface area contributed by atoms with E-state index in [1.807, 2.05) is 0 Å². The lowest BCUT2D eigenvalue weighted by Gasteiger charge is -2.17. The molecule has 2 aliphatic rings. The van der Waals surface area contributed by atoms with Gasteiger partial charge in [-0.05, 0) is 61.0 Å². The molecular weight excluding hydrogens is 304 g/mol. The standard InChI is InChI=1S/C18H30N4S/c1-3-19-18(20-10-14(2)16-7-9-23-13-16)21-11-15-6-8-22(12-15)17-4-5-17/h7,9,13-15,17H,3-6,8,10-12H2,1-2H3,(H2,19,20,21). The summed E-state index contributed by atoms with van der Waals surface area (Å²) in [6.45, 7) is 9.73. The molecule has 2 atom stereocenters. The van der Waals surface area contributed by atoms with Crippen molar-refractivity contribution >= 4 is 17.3 Å². The van der Waals surface area contributed by atoms with Crippen LogP contribution in [0.4, 0.5) is 0 Å². The van der Waals surface area contributed by atoms with Gasteiger partial charge in [-0.1, -0.05) is 6.92 Å². The van der Waals surface area contributed by atoms with Crippen molar-refractivity contribution in [3.05, 3.63) is 22.4 Å². The number of hydrogen-bond donors (Lipinski definition) is 2. The number of nitrogens with zero attached hydrogens (tertiary/aromatic N) is 2. The van der Waals surface area contributed by atoms with Crippen LogP contribution in [0.1, 0.15) is 44.6 Å². The van der Waals surface area contributed by atoms with Crippen LogP contribution in [0.15, 0.2) is 21.8 Å². The van der Waals surface area contributed by atoms with Crippen molar-refractivity contribution in [2.24, 2.45) is 10.9 Å². The summed E-state index contributed by atoms with van der Waals surface area (Å²) >= 11 is 1.76. The highest BCUT2D eigenvalue weighted by molar-refractivity contribution is 7.07. The molecule has 128 valence electrons. The van der Waals surface area contributed by atoms with E-state index < -0.39 is 0 Å². The van der Waals surface area contributed by atoms with Crippen LogP contribution in [0.3, 0.4) is 0 Å². The van der Waals surface area contributed by atoms with Crippen LogP contribution < -0.4 is 10.6 Å². The Bertz CT molecular complexity index is 495. The van der Waals surface area contributed by atoms with E-state index in [1.54, 1.807) is 11.3 Å². The molecule has 2 heterocycles. The first-order chi connectivity index (χ1) is 11.3. The molecule has 1 aromatic rings. The summed E-state index contributed by atoms with van der Waals surface area (Å²) in [4.78, 5) is 7.46. The fourth-order valence-electron chi connectivity index (χ4n) is 3.27. The maximum Gasteiger partial charge on any atom is 0.191 e. The first-order valence-corrected chi connectivity index (χ1v) is 9.99. The van der Waals surface area contributed by atoms with E-state index in [0.717, 1.165) is 37.6 Å². The van der Waals surface area contributed by atoms with Gasteiger partial charge in [0.2, 0.25) is 0 Å². The van der Waals surface area contributed by atoms with E-state index in [2.05, 4.69) is 46.2 Å². The smallest absolute Gasteiger partial charge is 0.191 e. The molecule has 4 nitrogen and oxygen atoms in total. The summed E-state index contributed by atoms with van der Waals surface area (Å²) in [6, 6.07) is 3.12. The molecule has 0 radical (unpaired) electrons. The van der Waals surface area contributed by atoms with Crippen molar-refractivity contribution < 1.29 is 0 Å². The van der Waals surface area contributed by atoms with Crippen molar-refractivity contribution in [1.29, 1.82) is 0 Å². The van der Waals surface area contributed by atoms with Gasteiger partial charge >= 0.3 is 0 Å². The summed E-state index contributed by atoms with van der Waals surface area (Å²) in [5.74, 6) is 2.22. The van der Waals surface area contributed by atoms with Crippen LogP contribution in [0.5, 0.6) is 0 Å². The van der Waals surface area contributed by atoms with E-state index in [-0.39, 0.29) is 0 Å². The minimum absolute atomic E-state index is 0.480. The quantitative estimate of drug-likeness (QED) is 0.595. The molecule has 0 bridgehead atoms. The van der Waals surface area contributed by atoms with E-state index in [1.165, 1.54) is 37.9 Å². The van der Waals surface area contributed by atoms with Gasteiger partial charge in [0.15, 0.2) is 5.96 Å². The van der Waals surface area contributed by atoms with Crippen LogP contribution in [0.2, 0.25) is 0 Å². The second-order valence-corrected chi connectivity index (χ2v) is 7.72. The van der Waals surface area contributed by atoms with Crippen molar-refractivity contribution in [2.45, 2.75) is 45.1 Å². The molecule has 1 aliphatic carbocycles. The van der Waals surface area contributed by atoms with Crippen LogP contribution in [-0.2, 0) is 0 Å². The van der Waals surface area contributed by atoms with E-state index in [9.17, 15) is 0 Å². The molecule has 2 fully saturated rings. The van der Waals surface area contributed by atoms with Gasteiger partial charge in [0.05, 0.1) is 0 Å². The van der Waals surface area contributed by atoms with Crippen molar-refractivity contribution in [3.8, 4) is 0 Å². The Labute approximate surface area is 144 Å². The molecule has 0 amide bonds. The minimum Gasteiger partial charge on any atom is -0.357 e. The maximum atomic E-state index is 4.78. The van der Waals surface area contributed by atoms with Gasteiger partial charge in [0.1, 0.15) is 0 Å². The first-order valence-electron chi connectivity index (χ1n) is 9.04. The van der Waals surface area contributed by atoms with Crippen LogP contribution in [0, 0.1) is 5.92 Å². The Kier molecular flexibility index (Phi) is 5.95. The molecule has 1 saturated heterocycles. The van der Waals surface area contributed by atoms with Gasteiger partial charge in [0, 0.05) is 38.1 Å². The zero-order valence-electron chi connectivity index (χ0n) is 14.4. The number of rotatable bonds is 7. The Morgan fingerprint density at radius 2 is 2.26 bits per heavy atom. The number of likely N-dealkylation sites (tertiary alicyclic amines) is 1. The normalized spacial score (nSPS) is 23.9. The van der Waals surface area contributed by atoms with Crippen LogP contribution >= 0.6 is 11.3 Å². The lowest BCUT2D eigenvalue weighted by Crippen LogP contribution is -2.40. The highest BCUT2D eigenvalue weighted by atomic mass is 32.1. The Morgan fingerprint density at radius 3 is 2.96 bits per heavy atom. The predicted octanol–water partition coefficient (Wildman–Crippen LogP) is 2.89. The second-order valence-electron chi connectivity index (χ2n) is 6.94. The molecule has 1 saturated carbocycles. The van der Waals surface area contributed by atoms with Gasteiger partial charge in [-0.3, -0.25) is 4.99 Å². The predicted molar refractivity (Wildman–Crippen MR) is 99.4 cm³/mol. The lowest BCUT2D eigenvalue weighted by molar-refractivity contribution is 0.314. The molecule has 2 N–H and O–H groups in total. The summed E-state index contributed by atoms with van der Waals surface area (Å²) in [5.41, 5.74) is 1.39. The van der Waals surface area contributed by atoms with Gasteiger partial charge < -0.3 is 15.5 Å². The second kappa shape index (κ2) is 8.15. The van der Waals surface area contributed by atoms with Gasteiger partial charge in [0.25, 0.3) is 0 Å². The summed E-state index contributed by atoms with van der Waals surface area (Å²) in [5, 5.41) is 11.3. The number of hydrogen-bond acceptors (Lipinski definition) is 3. The molecule has 2 unspecified atom stereocenters. The first kappa shape index (κ1) is 16.8. The number of guanidine groups is 1. The van der Waals surface area contributed by atoms with E-state index in [4.69, 9.17) is 4.99 Å². The van der Waals surface area contributed by atoms with Gasteiger partial charge in [-0.25, -0.2) is 0 Å². The van der Waals surface area contributed by atoms with E-state index in [0.29, 0.717) is 5.92 Å². The monoisotopic (exact) mass is 334 g/mol. The average Bonchev–Trinajstić information content (AvgIpc) is 3.07. The summed E-state index contributed by atoms with van der Waals surface area (Å²) in [6.07, 6.45) is 4.17. The third kappa shape index (κ3) is 4.95. The zero-order valence-corrected chi connectivity index (χ0v) is 15.2. The Hall–Kier alpha value is -1.07. The molecule has 5 heteroatoms. The Morgan fingerprint density at radius 1 is 1.39 bits per heavy atom. The molecule has 0 aromatic carbocycles. The van der Waals surface area contributed by atoms with Crippen molar-refractivity contribution in [2.75, 3.05) is 32.7 Å². The average molecular weight is 335 g/mol. The fraction of sp³-hybridized carbons (Fsp3) is 0.722. The number of thiophene rings is 1. The lowest BCUT2D eigenvalue weighted by atomic mass is 10.1. The Balaban J connectivity index is 1.45.